The maximum absolute atomic E-state index is 12.3. The molecular formula is C20H23NO5S. The summed E-state index contributed by atoms with van der Waals surface area (Å²) >= 11 is 0. The van der Waals surface area contributed by atoms with E-state index >= 15 is 0 Å². The first-order chi connectivity index (χ1) is 12.5. The molecule has 0 saturated carbocycles. The monoisotopic (exact) mass is 389 g/mol. The van der Waals surface area contributed by atoms with E-state index in [1.54, 1.807) is 18.2 Å². The SMILES string of the molecule is Cc1ccc(NC(=O)[C@H](C)OC(=O)c2cccc(CS(C)(=O)=O)c2)c(C)c1. The van der Waals surface area contributed by atoms with Crippen molar-refractivity contribution in [1.82, 2.24) is 0 Å². The van der Waals surface area contributed by atoms with Crippen molar-refractivity contribution in [2.24, 2.45) is 0 Å². The van der Waals surface area contributed by atoms with Gasteiger partial charge in [-0.15, -0.1) is 0 Å². The van der Waals surface area contributed by atoms with Crippen LogP contribution in [-0.4, -0.2) is 32.7 Å². The number of sulfone groups is 1. The molecule has 1 amide bonds. The highest BCUT2D eigenvalue weighted by molar-refractivity contribution is 7.89. The summed E-state index contributed by atoms with van der Waals surface area (Å²) in [5, 5.41) is 2.74. The third-order valence-electron chi connectivity index (χ3n) is 3.88. The zero-order valence-electron chi connectivity index (χ0n) is 15.8. The maximum atomic E-state index is 12.3. The normalized spacial score (nSPS) is 12.3. The van der Waals surface area contributed by atoms with E-state index in [1.807, 2.05) is 26.0 Å². The lowest BCUT2D eigenvalue weighted by Crippen LogP contribution is -2.30. The van der Waals surface area contributed by atoms with Gasteiger partial charge in [-0.05, 0) is 50.1 Å². The molecule has 2 aromatic rings. The highest BCUT2D eigenvalue weighted by atomic mass is 32.2. The largest absolute Gasteiger partial charge is 0.449 e. The summed E-state index contributed by atoms with van der Waals surface area (Å²) in [5.74, 6) is -1.30. The Morgan fingerprint density at radius 3 is 2.44 bits per heavy atom. The van der Waals surface area contributed by atoms with Gasteiger partial charge in [-0.3, -0.25) is 4.79 Å². The van der Waals surface area contributed by atoms with E-state index in [0.717, 1.165) is 17.4 Å². The molecule has 144 valence electrons. The predicted octanol–water partition coefficient (Wildman–Crippen LogP) is 3.03. The second-order valence-corrected chi connectivity index (χ2v) is 8.77. The van der Waals surface area contributed by atoms with Gasteiger partial charge in [0.1, 0.15) is 0 Å². The number of rotatable bonds is 6. The van der Waals surface area contributed by atoms with Crippen molar-refractivity contribution in [3.63, 3.8) is 0 Å². The number of ether oxygens (including phenoxy) is 1. The first kappa shape index (κ1) is 20.6. The molecule has 0 aliphatic carbocycles. The number of hydrogen-bond acceptors (Lipinski definition) is 5. The number of hydrogen-bond donors (Lipinski definition) is 1. The van der Waals surface area contributed by atoms with Crippen LogP contribution in [0.3, 0.4) is 0 Å². The first-order valence-electron chi connectivity index (χ1n) is 8.41. The molecular weight excluding hydrogens is 366 g/mol. The average Bonchev–Trinajstić information content (AvgIpc) is 2.55. The van der Waals surface area contributed by atoms with Gasteiger partial charge in [-0.1, -0.05) is 29.8 Å². The Morgan fingerprint density at radius 2 is 1.81 bits per heavy atom. The summed E-state index contributed by atoms with van der Waals surface area (Å²) in [6.45, 7) is 5.32. The van der Waals surface area contributed by atoms with Crippen molar-refractivity contribution in [2.75, 3.05) is 11.6 Å². The van der Waals surface area contributed by atoms with Crippen LogP contribution in [0.4, 0.5) is 5.69 Å². The number of esters is 1. The molecule has 0 radical (unpaired) electrons. The van der Waals surface area contributed by atoms with Gasteiger partial charge in [-0.25, -0.2) is 13.2 Å². The molecule has 0 fully saturated rings. The van der Waals surface area contributed by atoms with Crippen LogP contribution in [0.25, 0.3) is 0 Å². The molecule has 7 heteroatoms. The van der Waals surface area contributed by atoms with E-state index in [1.165, 1.54) is 19.1 Å². The molecule has 0 heterocycles. The minimum Gasteiger partial charge on any atom is -0.449 e. The van der Waals surface area contributed by atoms with Gasteiger partial charge in [-0.2, -0.15) is 0 Å². The summed E-state index contributed by atoms with van der Waals surface area (Å²) in [6.07, 6.45) is 0.119. The van der Waals surface area contributed by atoms with Crippen LogP contribution in [-0.2, 0) is 25.1 Å². The van der Waals surface area contributed by atoms with Crippen LogP contribution >= 0.6 is 0 Å². The second kappa shape index (κ2) is 8.35. The van der Waals surface area contributed by atoms with Gasteiger partial charge in [0, 0.05) is 11.9 Å². The molecule has 0 aliphatic heterocycles. The predicted molar refractivity (Wildman–Crippen MR) is 104 cm³/mol. The Labute approximate surface area is 159 Å². The van der Waals surface area contributed by atoms with Crippen molar-refractivity contribution < 1.29 is 22.7 Å². The maximum Gasteiger partial charge on any atom is 0.338 e. The molecule has 1 N–H and O–H groups in total. The molecule has 0 saturated heterocycles. The standard InChI is InChI=1S/C20H23NO5S/c1-13-8-9-18(14(2)10-13)21-19(22)15(3)26-20(23)17-7-5-6-16(11-17)12-27(4,24)25/h5-11,15H,12H2,1-4H3,(H,21,22)/t15-/m0/s1. The number of anilines is 1. The van der Waals surface area contributed by atoms with E-state index in [0.29, 0.717) is 11.3 Å². The van der Waals surface area contributed by atoms with Crippen molar-refractivity contribution >= 4 is 27.4 Å². The molecule has 0 spiro atoms. The van der Waals surface area contributed by atoms with Gasteiger partial charge >= 0.3 is 5.97 Å². The summed E-state index contributed by atoms with van der Waals surface area (Å²) in [7, 11) is -3.21. The Balaban J connectivity index is 2.04. The van der Waals surface area contributed by atoms with Crippen LogP contribution in [0.1, 0.15) is 34.0 Å². The van der Waals surface area contributed by atoms with E-state index in [9.17, 15) is 18.0 Å². The van der Waals surface area contributed by atoms with Gasteiger partial charge in [0.25, 0.3) is 5.91 Å². The van der Waals surface area contributed by atoms with E-state index < -0.39 is 27.8 Å². The Kier molecular flexibility index (Phi) is 6.38. The molecule has 27 heavy (non-hydrogen) atoms. The highest BCUT2D eigenvalue weighted by Gasteiger charge is 2.20. The van der Waals surface area contributed by atoms with Crippen molar-refractivity contribution in [3.8, 4) is 0 Å². The van der Waals surface area contributed by atoms with E-state index in [4.69, 9.17) is 4.74 Å². The van der Waals surface area contributed by atoms with Crippen LogP contribution in [0.2, 0.25) is 0 Å². The fourth-order valence-corrected chi connectivity index (χ4v) is 3.35. The topological polar surface area (TPSA) is 89.5 Å². The number of amides is 1. The quantitative estimate of drug-likeness (QED) is 0.767. The molecule has 1 atom stereocenters. The fourth-order valence-electron chi connectivity index (χ4n) is 2.56. The summed E-state index contributed by atoms with van der Waals surface area (Å²) in [6, 6.07) is 11.8. The number of carbonyl (C=O) groups is 2. The summed E-state index contributed by atoms with van der Waals surface area (Å²) < 4.78 is 28.0. The van der Waals surface area contributed by atoms with Crippen LogP contribution in [0.15, 0.2) is 42.5 Å². The average molecular weight is 389 g/mol. The minimum atomic E-state index is -3.21. The van der Waals surface area contributed by atoms with E-state index in [-0.39, 0.29) is 11.3 Å². The van der Waals surface area contributed by atoms with Gasteiger partial charge in [0.15, 0.2) is 15.9 Å². The second-order valence-electron chi connectivity index (χ2n) is 6.63. The van der Waals surface area contributed by atoms with Gasteiger partial charge < -0.3 is 10.1 Å². The molecule has 2 aromatic carbocycles. The van der Waals surface area contributed by atoms with Crippen LogP contribution in [0, 0.1) is 13.8 Å². The first-order valence-corrected chi connectivity index (χ1v) is 10.5. The van der Waals surface area contributed by atoms with Gasteiger partial charge in [0.05, 0.1) is 11.3 Å². The summed E-state index contributed by atoms with van der Waals surface area (Å²) in [4.78, 5) is 24.6. The lowest BCUT2D eigenvalue weighted by atomic mass is 10.1. The van der Waals surface area contributed by atoms with Crippen molar-refractivity contribution in [1.29, 1.82) is 0 Å². The summed E-state index contributed by atoms with van der Waals surface area (Å²) in [5.41, 5.74) is 3.33. The molecule has 0 aromatic heterocycles. The minimum absolute atomic E-state index is 0.170. The van der Waals surface area contributed by atoms with Crippen LogP contribution < -0.4 is 5.32 Å². The third-order valence-corrected chi connectivity index (χ3v) is 4.74. The van der Waals surface area contributed by atoms with Gasteiger partial charge in [0.2, 0.25) is 0 Å². The van der Waals surface area contributed by atoms with E-state index in [2.05, 4.69) is 5.32 Å². The number of nitrogens with one attached hydrogen (secondary N) is 1. The van der Waals surface area contributed by atoms with Crippen LogP contribution in [0.5, 0.6) is 0 Å². The Morgan fingerprint density at radius 1 is 1.11 bits per heavy atom. The Bertz CT molecular complexity index is 966. The molecule has 2 rings (SSSR count). The van der Waals surface area contributed by atoms with Crippen molar-refractivity contribution in [2.45, 2.75) is 32.6 Å². The lowest BCUT2D eigenvalue weighted by molar-refractivity contribution is -0.123. The number of carbonyl (C=O) groups excluding carboxylic acids is 2. The fraction of sp³-hybridized carbons (Fsp3) is 0.300. The number of benzene rings is 2. The Hall–Kier alpha value is -2.67. The smallest absolute Gasteiger partial charge is 0.338 e. The zero-order valence-corrected chi connectivity index (χ0v) is 16.6. The zero-order chi connectivity index (χ0) is 20.2. The highest BCUT2D eigenvalue weighted by Crippen LogP contribution is 2.17. The number of aryl methyl sites for hydroxylation is 2. The molecule has 0 unspecified atom stereocenters. The molecule has 0 aliphatic rings. The molecule has 0 bridgehead atoms. The van der Waals surface area contributed by atoms with Crippen molar-refractivity contribution in [3.05, 3.63) is 64.7 Å². The molecule has 6 nitrogen and oxygen atoms in total. The third kappa shape index (κ3) is 6.21. The lowest BCUT2D eigenvalue weighted by Gasteiger charge is -2.15.